The standard InChI is InChI=1S/C22H23N3O3/c26-25(27)21-9-5-4-8-20(21)22-11-10-19(28-22)17-24-14-12-23(13-15-24)16-18-6-2-1-3-7-18/h1-11H,12-17H2. The second kappa shape index (κ2) is 8.37. The predicted octanol–water partition coefficient (Wildman–Crippen LogP) is 4.17. The number of hydrogen-bond acceptors (Lipinski definition) is 5. The summed E-state index contributed by atoms with van der Waals surface area (Å²) in [7, 11) is 0. The highest BCUT2D eigenvalue weighted by molar-refractivity contribution is 5.69. The van der Waals surface area contributed by atoms with Crippen LogP contribution in [0.5, 0.6) is 0 Å². The summed E-state index contributed by atoms with van der Waals surface area (Å²) < 4.78 is 5.93. The van der Waals surface area contributed by atoms with Crippen molar-refractivity contribution in [2.24, 2.45) is 0 Å². The molecule has 28 heavy (non-hydrogen) atoms. The molecule has 6 nitrogen and oxygen atoms in total. The van der Waals surface area contributed by atoms with Crippen molar-refractivity contribution < 1.29 is 9.34 Å². The minimum Gasteiger partial charge on any atom is -0.459 e. The molecule has 1 saturated heterocycles. The molecule has 0 aliphatic carbocycles. The molecule has 6 heteroatoms. The summed E-state index contributed by atoms with van der Waals surface area (Å²) in [5, 5.41) is 11.2. The summed E-state index contributed by atoms with van der Waals surface area (Å²) in [5.74, 6) is 1.38. The maximum atomic E-state index is 11.2. The summed E-state index contributed by atoms with van der Waals surface area (Å²) in [6.45, 7) is 5.71. The summed E-state index contributed by atoms with van der Waals surface area (Å²) in [4.78, 5) is 15.7. The van der Waals surface area contributed by atoms with Crippen molar-refractivity contribution in [1.29, 1.82) is 0 Å². The van der Waals surface area contributed by atoms with Gasteiger partial charge in [0.05, 0.1) is 17.0 Å². The molecule has 0 atom stereocenters. The summed E-state index contributed by atoms with van der Waals surface area (Å²) >= 11 is 0. The molecule has 2 heterocycles. The Labute approximate surface area is 164 Å². The van der Waals surface area contributed by atoms with Crippen LogP contribution in [0.4, 0.5) is 5.69 Å². The molecular weight excluding hydrogens is 354 g/mol. The van der Waals surface area contributed by atoms with Gasteiger partial charge in [0.15, 0.2) is 0 Å². The molecule has 0 amide bonds. The van der Waals surface area contributed by atoms with E-state index >= 15 is 0 Å². The van der Waals surface area contributed by atoms with Crippen molar-refractivity contribution in [3.8, 4) is 11.3 Å². The van der Waals surface area contributed by atoms with Crippen molar-refractivity contribution in [1.82, 2.24) is 9.80 Å². The number of rotatable bonds is 6. The van der Waals surface area contributed by atoms with Gasteiger partial charge in [-0.3, -0.25) is 19.9 Å². The Bertz CT molecular complexity index is 931. The molecule has 1 fully saturated rings. The Kier molecular flexibility index (Phi) is 5.50. The van der Waals surface area contributed by atoms with E-state index in [1.165, 1.54) is 11.6 Å². The molecule has 1 aliphatic rings. The average molecular weight is 377 g/mol. The number of piperazine rings is 1. The van der Waals surface area contributed by atoms with Gasteiger partial charge in [0.2, 0.25) is 0 Å². The molecule has 0 N–H and O–H groups in total. The molecule has 1 aliphatic heterocycles. The van der Waals surface area contributed by atoms with E-state index in [0.29, 0.717) is 11.3 Å². The smallest absolute Gasteiger partial charge is 0.280 e. The van der Waals surface area contributed by atoms with Crippen molar-refractivity contribution in [2.75, 3.05) is 26.2 Å². The lowest BCUT2D eigenvalue weighted by molar-refractivity contribution is -0.384. The Hall–Kier alpha value is -2.96. The van der Waals surface area contributed by atoms with Gasteiger partial charge < -0.3 is 4.42 Å². The maximum Gasteiger partial charge on any atom is 0.280 e. The quantitative estimate of drug-likeness (QED) is 0.476. The van der Waals surface area contributed by atoms with E-state index in [1.807, 2.05) is 18.2 Å². The molecule has 1 aromatic heterocycles. The molecule has 0 radical (unpaired) electrons. The Balaban J connectivity index is 1.35. The lowest BCUT2D eigenvalue weighted by atomic mass is 10.1. The fourth-order valence-corrected chi connectivity index (χ4v) is 3.62. The van der Waals surface area contributed by atoms with Gasteiger partial charge >= 0.3 is 0 Å². The molecule has 0 bridgehead atoms. The SMILES string of the molecule is O=[N+]([O-])c1ccccc1-c1ccc(CN2CCN(Cc3ccccc3)CC2)o1. The normalized spacial score (nSPS) is 15.6. The highest BCUT2D eigenvalue weighted by Gasteiger charge is 2.20. The zero-order valence-corrected chi connectivity index (χ0v) is 15.7. The van der Waals surface area contributed by atoms with Crippen LogP contribution in [0.2, 0.25) is 0 Å². The van der Waals surface area contributed by atoms with Crippen LogP contribution >= 0.6 is 0 Å². The molecule has 3 aromatic rings. The molecule has 0 saturated carbocycles. The topological polar surface area (TPSA) is 62.8 Å². The fourth-order valence-electron chi connectivity index (χ4n) is 3.62. The zero-order chi connectivity index (χ0) is 19.3. The summed E-state index contributed by atoms with van der Waals surface area (Å²) in [5.41, 5.74) is 1.93. The van der Waals surface area contributed by atoms with Crippen molar-refractivity contribution in [2.45, 2.75) is 13.1 Å². The summed E-state index contributed by atoms with van der Waals surface area (Å²) in [6, 6.07) is 21.0. The first kappa shape index (κ1) is 18.4. The van der Waals surface area contributed by atoms with Crippen LogP contribution in [0.25, 0.3) is 11.3 Å². The highest BCUT2D eigenvalue weighted by Crippen LogP contribution is 2.31. The highest BCUT2D eigenvalue weighted by atomic mass is 16.6. The molecular formula is C22H23N3O3. The average Bonchev–Trinajstić information content (AvgIpc) is 3.18. The van der Waals surface area contributed by atoms with Gasteiger partial charge in [-0.15, -0.1) is 0 Å². The van der Waals surface area contributed by atoms with E-state index in [2.05, 4.69) is 34.1 Å². The summed E-state index contributed by atoms with van der Waals surface area (Å²) in [6.07, 6.45) is 0. The maximum absolute atomic E-state index is 11.2. The van der Waals surface area contributed by atoms with E-state index in [-0.39, 0.29) is 10.6 Å². The number of nitro benzene ring substituents is 1. The van der Waals surface area contributed by atoms with E-state index in [4.69, 9.17) is 4.42 Å². The van der Waals surface area contributed by atoms with Gasteiger partial charge in [-0.1, -0.05) is 42.5 Å². The first-order valence-electron chi connectivity index (χ1n) is 9.50. The second-order valence-corrected chi connectivity index (χ2v) is 7.08. The lowest BCUT2D eigenvalue weighted by Crippen LogP contribution is -2.45. The Morgan fingerprint density at radius 3 is 2.18 bits per heavy atom. The number of nitro groups is 1. The third-order valence-electron chi connectivity index (χ3n) is 5.12. The minimum atomic E-state index is -0.372. The van der Waals surface area contributed by atoms with Gasteiger partial charge in [-0.2, -0.15) is 0 Å². The minimum absolute atomic E-state index is 0.0675. The van der Waals surface area contributed by atoms with Crippen LogP contribution in [0.1, 0.15) is 11.3 Å². The molecule has 2 aromatic carbocycles. The number of benzene rings is 2. The van der Waals surface area contributed by atoms with Crippen molar-refractivity contribution >= 4 is 5.69 Å². The van der Waals surface area contributed by atoms with Crippen LogP contribution in [-0.2, 0) is 13.1 Å². The monoisotopic (exact) mass is 377 g/mol. The predicted molar refractivity (Wildman–Crippen MR) is 108 cm³/mol. The van der Waals surface area contributed by atoms with Gasteiger partial charge in [0.1, 0.15) is 11.5 Å². The third-order valence-corrected chi connectivity index (χ3v) is 5.12. The van der Waals surface area contributed by atoms with Crippen molar-refractivity contribution in [3.05, 3.63) is 88.2 Å². The van der Waals surface area contributed by atoms with E-state index in [9.17, 15) is 10.1 Å². The first-order valence-corrected chi connectivity index (χ1v) is 9.50. The number of nitrogens with zero attached hydrogens (tertiary/aromatic N) is 3. The molecule has 0 unspecified atom stereocenters. The van der Waals surface area contributed by atoms with Crippen LogP contribution in [0.3, 0.4) is 0 Å². The fraction of sp³-hybridized carbons (Fsp3) is 0.273. The van der Waals surface area contributed by atoms with Crippen LogP contribution in [0.15, 0.2) is 71.1 Å². The molecule has 4 rings (SSSR count). The lowest BCUT2D eigenvalue weighted by Gasteiger charge is -2.34. The van der Waals surface area contributed by atoms with E-state index in [1.54, 1.807) is 18.2 Å². The second-order valence-electron chi connectivity index (χ2n) is 7.08. The van der Waals surface area contributed by atoms with Gasteiger partial charge in [0, 0.05) is 38.8 Å². The first-order chi connectivity index (χ1) is 13.7. The zero-order valence-electron chi connectivity index (χ0n) is 15.7. The number of para-hydroxylation sites is 1. The van der Waals surface area contributed by atoms with Crippen LogP contribution < -0.4 is 0 Å². The largest absolute Gasteiger partial charge is 0.459 e. The number of furan rings is 1. The van der Waals surface area contributed by atoms with E-state index in [0.717, 1.165) is 45.0 Å². The van der Waals surface area contributed by atoms with Gasteiger partial charge in [-0.25, -0.2) is 0 Å². The Morgan fingerprint density at radius 1 is 0.821 bits per heavy atom. The van der Waals surface area contributed by atoms with Crippen LogP contribution in [-0.4, -0.2) is 40.9 Å². The van der Waals surface area contributed by atoms with Crippen molar-refractivity contribution in [3.63, 3.8) is 0 Å². The number of hydrogen-bond donors (Lipinski definition) is 0. The van der Waals surface area contributed by atoms with Crippen LogP contribution in [0, 0.1) is 10.1 Å². The molecule has 0 spiro atoms. The third kappa shape index (κ3) is 4.30. The Morgan fingerprint density at radius 2 is 1.46 bits per heavy atom. The van der Waals surface area contributed by atoms with Gasteiger partial charge in [0.25, 0.3) is 5.69 Å². The van der Waals surface area contributed by atoms with Gasteiger partial charge in [-0.05, 0) is 23.8 Å². The molecule has 144 valence electrons. The van der Waals surface area contributed by atoms with E-state index < -0.39 is 0 Å².